The normalized spacial score (nSPS) is 14.4. The molecule has 1 aliphatic rings. The first-order valence-electron chi connectivity index (χ1n) is 8.71. The molecule has 0 bridgehead atoms. The third-order valence-corrected chi connectivity index (χ3v) is 6.08. The van der Waals surface area contributed by atoms with Crippen molar-refractivity contribution in [3.05, 3.63) is 58.6 Å². The maximum Gasteiger partial charge on any atom is 0.416 e. The van der Waals surface area contributed by atoms with E-state index in [1.807, 2.05) is 12.1 Å². The molecule has 5 nitrogen and oxygen atoms in total. The molecule has 0 fully saturated rings. The fourth-order valence-electron chi connectivity index (χ4n) is 3.26. The fourth-order valence-corrected chi connectivity index (χ4v) is 4.39. The molecule has 0 aliphatic carbocycles. The molecule has 3 rings (SSSR count). The van der Waals surface area contributed by atoms with Crippen molar-refractivity contribution >= 4 is 38.9 Å². The van der Waals surface area contributed by atoms with Crippen LogP contribution in [0.4, 0.5) is 24.5 Å². The Hall–Kier alpha value is -2.26. The fraction of sp³-hybridized carbons (Fsp3) is 0.316. The van der Waals surface area contributed by atoms with Crippen molar-refractivity contribution in [3.63, 3.8) is 0 Å². The lowest BCUT2D eigenvalue weighted by atomic mass is 10.0. The van der Waals surface area contributed by atoms with E-state index in [4.69, 9.17) is 11.6 Å². The number of nitrogens with zero attached hydrogens (tertiary/aromatic N) is 2. The number of rotatable bonds is 4. The minimum absolute atomic E-state index is 0.199. The van der Waals surface area contributed by atoms with E-state index in [9.17, 15) is 26.4 Å². The van der Waals surface area contributed by atoms with Crippen molar-refractivity contribution in [2.75, 3.05) is 28.6 Å². The van der Waals surface area contributed by atoms with E-state index in [1.165, 1.54) is 4.90 Å². The molecule has 1 amide bonds. The van der Waals surface area contributed by atoms with Crippen LogP contribution in [-0.4, -0.2) is 33.7 Å². The lowest BCUT2D eigenvalue weighted by molar-refractivity contribution is -0.137. The molecule has 156 valence electrons. The van der Waals surface area contributed by atoms with Crippen LogP contribution in [0.15, 0.2) is 42.5 Å². The van der Waals surface area contributed by atoms with Crippen LogP contribution in [0.1, 0.15) is 17.5 Å². The van der Waals surface area contributed by atoms with E-state index >= 15 is 0 Å². The Morgan fingerprint density at radius 2 is 1.90 bits per heavy atom. The van der Waals surface area contributed by atoms with Crippen molar-refractivity contribution in [1.29, 1.82) is 0 Å². The summed E-state index contributed by atoms with van der Waals surface area (Å²) in [5, 5.41) is -0.199. The number of para-hydroxylation sites is 1. The molecule has 0 saturated carbocycles. The van der Waals surface area contributed by atoms with Gasteiger partial charge in [0.15, 0.2) is 0 Å². The molecule has 0 N–H and O–H groups in total. The summed E-state index contributed by atoms with van der Waals surface area (Å²) in [7, 11) is -4.08. The number of carbonyl (C=O) groups is 1. The highest BCUT2D eigenvalue weighted by molar-refractivity contribution is 7.92. The number of fused-ring (bicyclic) bond motifs is 1. The Morgan fingerprint density at radius 3 is 2.55 bits per heavy atom. The molecule has 10 heteroatoms. The molecule has 1 aliphatic heterocycles. The van der Waals surface area contributed by atoms with Gasteiger partial charge in [-0.1, -0.05) is 29.8 Å². The first-order valence-corrected chi connectivity index (χ1v) is 10.9. The van der Waals surface area contributed by atoms with Gasteiger partial charge in [-0.25, -0.2) is 8.42 Å². The maximum atomic E-state index is 13.1. The molecule has 0 spiro atoms. The van der Waals surface area contributed by atoms with Crippen LogP contribution in [0.25, 0.3) is 0 Å². The second-order valence-corrected chi connectivity index (χ2v) is 9.03. The van der Waals surface area contributed by atoms with Gasteiger partial charge in [0.2, 0.25) is 15.9 Å². The molecule has 29 heavy (non-hydrogen) atoms. The molecule has 0 radical (unpaired) electrons. The third kappa shape index (κ3) is 4.67. The van der Waals surface area contributed by atoms with Crippen LogP contribution in [-0.2, 0) is 27.4 Å². The molecular formula is C19H18ClF3N2O3S. The zero-order chi connectivity index (χ0) is 21.4. The number of sulfonamides is 1. The van der Waals surface area contributed by atoms with E-state index in [0.29, 0.717) is 29.0 Å². The Bertz CT molecular complexity index is 1040. The zero-order valence-electron chi connectivity index (χ0n) is 15.4. The van der Waals surface area contributed by atoms with Crippen molar-refractivity contribution in [1.82, 2.24) is 0 Å². The Kier molecular flexibility index (Phi) is 5.82. The molecule has 1 heterocycles. The second kappa shape index (κ2) is 7.87. The monoisotopic (exact) mass is 446 g/mol. The van der Waals surface area contributed by atoms with Crippen LogP contribution in [0.5, 0.6) is 0 Å². The average molecular weight is 447 g/mol. The number of anilines is 2. The minimum Gasteiger partial charge on any atom is -0.311 e. The second-order valence-electron chi connectivity index (χ2n) is 6.71. The molecule has 2 aromatic rings. The number of amides is 1. The highest BCUT2D eigenvalue weighted by Gasteiger charge is 2.34. The van der Waals surface area contributed by atoms with Gasteiger partial charge in [0.25, 0.3) is 0 Å². The van der Waals surface area contributed by atoms with Crippen molar-refractivity contribution in [3.8, 4) is 0 Å². The third-order valence-electron chi connectivity index (χ3n) is 4.63. The molecule has 0 aromatic heterocycles. The van der Waals surface area contributed by atoms with Gasteiger partial charge < -0.3 is 4.90 Å². The predicted molar refractivity (Wildman–Crippen MR) is 106 cm³/mol. The molecule has 0 saturated heterocycles. The van der Waals surface area contributed by atoms with Crippen LogP contribution >= 0.6 is 11.6 Å². The van der Waals surface area contributed by atoms with Crippen molar-refractivity contribution < 1.29 is 26.4 Å². The van der Waals surface area contributed by atoms with Gasteiger partial charge in [0.1, 0.15) is 6.54 Å². The van der Waals surface area contributed by atoms with Gasteiger partial charge in [-0.15, -0.1) is 0 Å². The smallest absolute Gasteiger partial charge is 0.311 e. The standard InChI is InChI=1S/C19H18ClF3N2O3S/c1-29(27,28)25(17-11-14(19(21,22)23)8-9-15(17)20)12-18(26)24-10-4-6-13-5-2-3-7-16(13)24/h2-3,5,7-9,11H,4,6,10,12H2,1H3. The highest BCUT2D eigenvalue weighted by atomic mass is 35.5. The summed E-state index contributed by atoms with van der Waals surface area (Å²) in [5.41, 5.74) is 0.186. The number of halogens is 4. The van der Waals surface area contributed by atoms with E-state index in [0.717, 1.165) is 30.4 Å². The number of alkyl halides is 3. The Labute approximate surface area is 171 Å². The number of benzene rings is 2. The van der Waals surface area contributed by atoms with Crippen molar-refractivity contribution in [2.45, 2.75) is 19.0 Å². The topological polar surface area (TPSA) is 57.7 Å². The zero-order valence-corrected chi connectivity index (χ0v) is 17.0. The number of aryl methyl sites for hydroxylation is 1. The van der Waals surface area contributed by atoms with Gasteiger partial charge in [0.05, 0.1) is 22.5 Å². The van der Waals surface area contributed by atoms with E-state index in [-0.39, 0.29) is 10.7 Å². The van der Waals surface area contributed by atoms with Crippen molar-refractivity contribution in [2.24, 2.45) is 0 Å². The molecular weight excluding hydrogens is 429 g/mol. The van der Waals surface area contributed by atoms with E-state index < -0.39 is 34.2 Å². The van der Waals surface area contributed by atoms with E-state index in [2.05, 4.69) is 0 Å². The van der Waals surface area contributed by atoms with Gasteiger partial charge in [-0.3, -0.25) is 9.10 Å². The van der Waals surface area contributed by atoms with Crippen LogP contribution in [0.2, 0.25) is 5.02 Å². The van der Waals surface area contributed by atoms with Crippen LogP contribution in [0, 0.1) is 0 Å². The van der Waals surface area contributed by atoms with Crippen LogP contribution < -0.4 is 9.21 Å². The average Bonchev–Trinajstić information content (AvgIpc) is 2.64. The minimum atomic E-state index is -4.68. The largest absolute Gasteiger partial charge is 0.416 e. The predicted octanol–water partition coefficient (Wildman–Crippen LogP) is 4.10. The summed E-state index contributed by atoms with van der Waals surface area (Å²) in [5.74, 6) is -0.545. The number of hydrogen-bond donors (Lipinski definition) is 0. The molecule has 0 atom stereocenters. The number of carbonyl (C=O) groups excluding carboxylic acids is 1. The van der Waals surface area contributed by atoms with Gasteiger partial charge in [-0.05, 0) is 42.7 Å². The Balaban J connectivity index is 1.98. The SMILES string of the molecule is CS(=O)(=O)N(CC(=O)N1CCCc2ccccc21)c1cc(C(F)(F)F)ccc1Cl. The first kappa shape index (κ1) is 21.4. The summed E-state index contributed by atoms with van der Waals surface area (Å²) >= 11 is 6.00. The summed E-state index contributed by atoms with van der Waals surface area (Å²) in [6.45, 7) is -0.266. The summed E-state index contributed by atoms with van der Waals surface area (Å²) in [6, 6.07) is 9.62. The molecule has 2 aromatic carbocycles. The quantitative estimate of drug-likeness (QED) is 0.710. The maximum absolute atomic E-state index is 13.1. The lowest BCUT2D eigenvalue weighted by Crippen LogP contribution is -2.44. The molecule has 0 unspecified atom stereocenters. The van der Waals surface area contributed by atoms with E-state index in [1.54, 1.807) is 12.1 Å². The summed E-state index contributed by atoms with van der Waals surface area (Å²) in [4.78, 5) is 14.4. The lowest BCUT2D eigenvalue weighted by Gasteiger charge is -2.32. The van der Waals surface area contributed by atoms with Gasteiger partial charge >= 0.3 is 6.18 Å². The highest BCUT2D eigenvalue weighted by Crippen LogP contribution is 2.36. The van der Waals surface area contributed by atoms with Gasteiger partial charge in [-0.2, -0.15) is 13.2 Å². The number of hydrogen-bond acceptors (Lipinski definition) is 3. The summed E-state index contributed by atoms with van der Waals surface area (Å²) < 4.78 is 64.5. The van der Waals surface area contributed by atoms with Gasteiger partial charge in [0, 0.05) is 12.2 Å². The Morgan fingerprint density at radius 1 is 1.21 bits per heavy atom. The van der Waals surface area contributed by atoms with Crippen LogP contribution in [0.3, 0.4) is 0 Å². The summed E-state index contributed by atoms with van der Waals surface area (Å²) in [6.07, 6.45) is -2.37. The first-order chi connectivity index (χ1) is 13.5.